The van der Waals surface area contributed by atoms with Crippen molar-refractivity contribution in [2.24, 2.45) is 11.8 Å². The Balaban J connectivity index is 2.60. The van der Waals surface area contributed by atoms with Crippen LogP contribution in [0, 0.1) is 11.8 Å². The van der Waals surface area contributed by atoms with Gasteiger partial charge in [-0.25, -0.2) is 0 Å². The van der Waals surface area contributed by atoms with Gasteiger partial charge in [0, 0.05) is 6.54 Å². The zero-order valence-corrected chi connectivity index (χ0v) is 8.21. The Morgan fingerprint density at radius 1 is 1.58 bits per heavy atom. The topological polar surface area (TPSA) is 3.24 Å². The summed E-state index contributed by atoms with van der Waals surface area (Å²) in [5, 5.41) is 0. The average Bonchev–Trinajstić information content (AvgIpc) is 2.08. The third-order valence-corrected chi connectivity index (χ3v) is 2.90. The molecule has 1 heterocycles. The van der Waals surface area contributed by atoms with Crippen molar-refractivity contribution in [3.8, 4) is 0 Å². The smallest absolute Gasteiger partial charge is 0.00496 e. The molecule has 0 radical (unpaired) electrons. The summed E-state index contributed by atoms with van der Waals surface area (Å²) in [5.74, 6) is 1.40. The Morgan fingerprint density at radius 2 is 2.25 bits per heavy atom. The number of piperidine rings is 1. The summed E-state index contributed by atoms with van der Waals surface area (Å²) in [7, 11) is 2.18. The maximum absolute atomic E-state index is 4.04. The van der Waals surface area contributed by atoms with Crippen molar-refractivity contribution in [3.63, 3.8) is 0 Å². The maximum Gasteiger partial charge on any atom is 0.00496 e. The summed E-state index contributed by atoms with van der Waals surface area (Å²) in [6.07, 6.45) is 3.19. The lowest BCUT2D eigenvalue weighted by atomic mass is 9.82. The molecule has 0 aliphatic carbocycles. The van der Waals surface area contributed by atoms with Crippen LogP contribution in [0.1, 0.15) is 13.3 Å². The van der Waals surface area contributed by atoms with Crippen molar-refractivity contribution in [2.45, 2.75) is 13.3 Å². The van der Waals surface area contributed by atoms with Crippen LogP contribution >= 0.6 is 0 Å². The minimum atomic E-state index is 0.626. The highest BCUT2D eigenvalue weighted by Crippen LogP contribution is 2.27. The highest BCUT2D eigenvalue weighted by Gasteiger charge is 2.24. The van der Waals surface area contributed by atoms with Gasteiger partial charge in [-0.2, -0.15) is 0 Å². The highest BCUT2D eigenvalue weighted by molar-refractivity contribution is 5.17. The normalized spacial score (nSPS) is 31.5. The molecule has 1 aliphatic rings. The van der Waals surface area contributed by atoms with Gasteiger partial charge in [-0.15, -0.1) is 0 Å². The predicted octanol–water partition coefficient (Wildman–Crippen LogP) is 2.32. The second kappa shape index (κ2) is 3.90. The minimum Gasteiger partial charge on any atom is -0.306 e. The van der Waals surface area contributed by atoms with Crippen LogP contribution in [0.3, 0.4) is 0 Å². The van der Waals surface area contributed by atoms with Crippen LogP contribution in [0.2, 0.25) is 0 Å². The molecule has 0 amide bonds. The zero-order chi connectivity index (χ0) is 9.14. The standard InChI is InChI=1S/C11H19N/c1-5-9(2)11-8-12(4)7-6-10(11)3/h5,10-11H,1-2,6-8H2,3-4H3. The number of likely N-dealkylation sites (tertiary alicyclic amines) is 1. The number of rotatable bonds is 2. The fourth-order valence-electron chi connectivity index (χ4n) is 1.87. The van der Waals surface area contributed by atoms with Gasteiger partial charge in [0.2, 0.25) is 0 Å². The molecule has 0 saturated carbocycles. The van der Waals surface area contributed by atoms with E-state index < -0.39 is 0 Å². The summed E-state index contributed by atoms with van der Waals surface area (Å²) in [6.45, 7) is 12.5. The molecule has 0 aromatic heterocycles. The Hall–Kier alpha value is -0.560. The van der Waals surface area contributed by atoms with Crippen LogP contribution in [0.25, 0.3) is 0 Å². The number of hydrogen-bond donors (Lipinski definition) is 0. The summed E-state index contributed by atoms with van der Waals surface area (Å²) in [4.78, 5) is 2.37. The van der Waals surface area contributed by atoms with E-state index in [4.69, 9.17) is 0 Å². The third kappa shape index (κ3) is 1.98. The first-order valence-electron chi connectivity index (χ1n) is 4.65. The van der Waals surface area contributed by atoms with Gasteiger partial charge in [0.05, 0.1) is 0 Å². The molecule has 1 nitrogen and oxygen atoms in total. The van der Waals surface area contributed by atoms with E-state index in [0.717, 1.165) is 12.5 Å². The second-order valence-electron chi connectivity index (χ2n) is 3.91. The first-order chi connectivity index (χ1) is 5.65. The number of allylic oxidation sites excluding steroid dienone is 1. The molecule has 1 saturated heterocycles. The van der Waals surface area contributed by atoms with Crippen molar-refractivity contribution in [1.29, 1.82) is 0 Å². The van der Waals surface area contributed by atoms with Crippen LogP contribution in [-0.4, -0.2) is 25.0 Å². The van der Waals surface area contributed by atoms with Gasteiger partial charge < -0.3 is 4.90 Å². The Bertz CT molecular complexity index is 183. The molecule has 0 bridgehead atoms. The molecule has 12 heavy (non-hydrogen) atoms. The number of nitrogens with zero attached hydrogens (tertiary/aromatic N) is 1. The van der Waals surface area contributed by atoms with Gasteiger partial charge in [0.1, 0.15) is 0 Å². The van der Waals surface area contributed by atoms with Gasteiger partial charge in [0.15, 0.2) is 0 Å². The summed E-state index contributed by atoms with van der Waals surface area (Å²) < 4.78 is 0. The second-order valence-corrected chi connectivity index (χ2v) is 3.91. The molecule has 2 unspecified atom stereocenters. The van der Waals surface area contributed by atoms with Gasteiger partial charge in [-0.1, -0.05) is 31.7 Å². The first kappa shape index (κ1) is 9.53. The molecule has 0 aromatic carbocycles. The van der Waals surface area contributed by atoms with E-state index in [1.807, 2.05) is 6.08 Å². The molecule has 1 rings (SSSR count). The molecule has 2 atom stereocenters. The number of hydrogen-bond acceptors (Lipinski definition) is 1. The molecule has 0 spiro atoms. The SMILES string of the molecule is C=CC(=C)C1CN(C)CCC1C. The molecule has 0 N–H and O–H groups in total. The lowest BCUT2D eigenvalue weighted by molar-refractivity contribution is 0.179. The van der Waals surface area contributed by atoms with Crippen molar-refractivity contribution < 1.29 is 0 Å². The van der Waals surface area contributed by atoms with E-state index in [0.29, 0.717) is 5.92 Å². The van der Waals surface area contributed by atoms with Crippen LogP contribution in [-0.2, 0) is 0 Å². The van der Waals surface area contributed by atoms with Gasteiger partial charge >= 0.3 is 0 Å². The van der Waals surface area contributed by atoms with E-state index in [2.05, 4.69) is 32.0 Å². The fraction of sp³-hybridized carbons (Fsp3) is 0.636. The molecule has 0 aromatic rings. The lowest BCUT2D eigenvalue weighted by Crippen LogP contribution is -2.37. The molecule has 1 heteroatoms. The van der Waals surface area contributed by atoms with Crippen LogP contribution in [0.5, 0.6) is 0 Å². The molecular weight excluding hydrogens is 146 g/mol. The Labute approximate surface area is 75.8 Å². The van der Waals surface area contributed by atoms with E-state index in [-0.39, 0.29) is 0 Å². The van der Waals surface area contributed by atoms with Gasteiger partial charge in [0.25, 0.3) is 0 Å². The average molecular weight is 165 g/mol. The molecule has 1 fully saturated rings. The molecule has 1 aliphatic heterocycles. The summed E-state index contributed by atoms with van der Waals surface area (Å²) in [5.41, 5.74) is 1.20. The Kier molecular flexibility index (Phi) is 3.10. The van der Waals surface area contributed by atoms with E-state index >= 15 is 0 Å². The van der Waals surface area contributed by atoms with E-state index in [9.17, 15) is 0 Å². The van der Waals surface area contributed by atoms with Crippen molar-refractivity contribution in [1.82, 2.24) is 4.90 Å². The monoisotopic (exact) mass is 165 g/mol. The fourth-order valence-corrected chi connectivity index (χ4v) is 1.87. The quantitative estimate of drug-likeness (QED) is 0.568. The first-order valence-corrected chi connectivity index (χ1v) is 4.65. The van der Waals surface area contributed by atoms with Crippen molar-refractivity contribution in [3.05, 3.63) is 24.8 Å². The Morgan fingerprint density at radius 3 is 2.83 bits per heavy atom. The van der Waals surface area contributed by atoms with Gasteiger partial charge in [-0.05, 0) is 31.8 Å². The lowest BCUT2D eigenvalue weighted by Gasteiger charge is -2.35. The van der Waals surface area contributed by atoms with Crippen LogP contribution in [0.4, 0.5) is 0 Å². The predicted molar refractivity (Wildman–Crippen MR) is 54.1 cm³/mol. The largest absolute Gasteiger partial charge is 0.306 e. The molecule has 68 valence electrons. The van der Waals surface area contributed by atoms with Crippen molar-refractivity contribution >= 4 is 0 Å². The molecular formula is C11H19N. The third-order valence-electron chi connectivity index (χ3n) is 2.90. The van der Waals surface area contributed by atoms with E-state index in [1.54, 1.807) is 0 Å². The maximum atomic E-state index is 4.04. The minimum absolute atomic E-state index is 0.626. The zero-order valence-electron chi connectivity index (χ0n) is 8.21. The van der Waals surface area contributed by atoms with Crippen molar-refractivity contribution in [2.75, 3.05) is 20.1 Å². The van der Waals surface area contributed by atoms with E-state index in [1.165, 1.54) is 18.5 Å². The van der Waals surface area contributed by atoms with Crippen LogP contribution in [0.15, 0.2) is 24.8 Å². The highest BCUT2D eigenvalue weighted by atomic mass is 15.1. The van der Waals surface area contributed by atoms with Gasteiger partial charge in [-0.3, -0.25) is 0 Å². The van der Waals surface area contributed by atoms with Crippen LogP contribution < -0.4 is 0 Å². The summed E-state index contributed by atoms with van der Waals surface area (Å²) in [6, 6.07) is 0. The summed E-state index contributed by atoms with van der Waals surface area (Å²) >= 11 is 0.